The van der Waals surface area contributed by atoms with Crippen molar-refractivity contribution in [3.05, 3.63) is 54.3 Å². The minimum absolute atomic E-state index is 0.0756. The number of esters is 1. The number of carboxylic acids is 1. The summed E-state index contributed by atoms with van der Waals surface area (Å²) in [6.07, 6.45) is 9.34. The first-order valence-electron chi connectivity index (χ1n) is 11.3. The smallest absolute Gasteiger partial charge is 0.341 e. The highest BCUT2D eigenvalue weighted by Gasteiger charge is 2.28. The predicted octanol–water partition coefficient (Wildman–Crippen LogP) is 3.15. The molecule has 8 heteroatoms. The molecule has 8 nitrogen and oxygen atoms in total. The summed E-state index contributed by atoms with van der Waals surface area (Å²) in [4.78, 5) is 29.0. The third-order valence-electron chi connectivity index (χ3n) is 5.48. The van der Waals surface area contributed by atoms with Gasteiger partial charge in [0.05, 0.1) is 31.1 Å². The Kier molecular flexibility index (Phi) is 6.30. The monoisotopic (exact) mass is 438 g/mol. The molecule has 2 atom stereocenters. The van der Waals surface area contributed by atoms with E-state index in [0.29, 0.717) is 16.7 Å². The largest absolute Gasteiger partial charge is 0.490 e. The van der Waals surface area contributed by atoms with Crippen LogP contribution in [0.15, 0.2) is 48.7 Å². The Balaban J connectivity index is 1.79. The number of piperidine rings is 1. The standard InChI is InChI=1S/C24H27N3O5/c1-2-31-24(30)19-14-26-20-8-7-16(32-15-9-11-25-12-10-15)13-18(20)22(19)27-21-6-4-3-5-17(21)23(28)29/h3-8,13-15,17,21,25H,2,9-12H2,1H3,(H,26,27)(H,28,29)/i21D. The lowest BCUT2D eigenvalue weighted by Gasteiger charge is -2.26. The molecule has 2 aliphatic rings. The molecule has 32 heavy (non-hydrogen) atoms. The SMILES string of the molecule is [2H]C1(Nc2c(C(=O)OCC)cnc3ccc(OC4CCNCC4)cc23)C=CC=CC1C(=O)O. The number of allylic oxidation sites excluding steroid dienone is 2. The van der Waals surface area contributed by atoms with Crippen LogP contribution < -0.4 is 15.4 Å². The van der Waals surface area contributed by atoms with Crippen LogP contribution in [0.4, 0.5) is 5.69 Å². The maximum Gasteiger partial charge on any atom is 0.341 e. The van der Waals surface area contributed by atoms with Crippen LogP contribution in [0.25, 0.3) is 10.9 Å². The Morgan fingerprint density at radius 3 is 2.81 bits per heavy atom. The highest BCUT2D eigenvalue weighted by atomic mass is 16.5. The highest BCUT2D eigenvalue weighted by Crippen LogP contribution is 2.32. The van der Waals surface area contributed by atoms with Gasteiger partial charge in [0, 0.05) is 11.6 Å². The highest BCUT2D eigenvalue weighted by molar-refractivity contribution is 6.05. The van der Waals surface area contributed by atoms with Crippen LogP contribution in [0.2, 0.25) is 0 Å². The molecule has 1 aromatic heterocycles. The van der Waals surface area contributed by atoms with Gasteiger partial charge in [0.25, 0.3) is 0 Å². The zero-order valence-electron chi connectivity index (χ0n) is 18.8. The fourth-order valence-electron chi connectivity index (χ4n) is 3.87. The number of pyridine rings is 1. The summed E-state index contributed by atoms with van der Waals surface area (Å²) >= 11 is 0. The first-order chi connectivity index (χ1) is 15.9. The second-order valence-corrected chi connectivity index (χ2v) is 7.65. The molecule has 2 aromatic rings. The summed E-state index contributed by atoms with van der Waals surface area (Å²) in [7, 11) is 0. The average molecular weight is 439 g/mol. The number of fused-ring (bicyclic) bond motifs is 1. The second kappa shape index (κ2) is 9.82. The van der Waals surface area contributed by atoms with E-state index in [1.165, 1.54) is 18.3 Å². The van der Waals surface area contributed by atoms with Crippen molar-refractivity contribution in [3.63, 3.8) is 0 Å². The summed E-state index contributed by atoms with van der Waals surface area (Å²) in [5.74, 6) is -2.29. The van der Waals surface area contributed by atoms with Crippen LogP contribution in [0, 0.1) is 5.92 Å². The van der Waals surface area contributed by atoms with Crippen molar-refractivity contribution in [2.24, 2.45) is 5.92 Å². The average Bonchev–Trinajstić information content (AvgIpc) is 2.80. The van der Waals surface area contributed by atoms with Gasteiger partial charge >= 0.3 is 11.9 Å². The Hall–Kier alpha value is -3.39. The van der Waals surface area contributed by atoms with E-state index in [4.69, 9.17) is 10.8 Å². The minimum atomic E-state index is -1.72. The lowest BCUT2D eigenvalue weighted by Crippen LogP contribution is -2.34. The molecule has 0 bridgehead atoms. The third-order valence-corrected chi connectivity index (χ3v) is 5.48. The number of benzene rings is 1. The molecule has 1 aliphatic heterocycles. The molecule has 1 aliphatic carbocycles. The number of aromatic nitrogens is 1. The molecule has 4 rings (SSSR count). The van der Waals surface area contributed by atoms with E-state index in [2.05, 4.69) is 15.6 Å². The number of hydrogen-bond donors (Lipinski definition) is 3. The lowest BCUT2D eigenvalue weighted by atomic mass is 9.94. The summed E-state index contributed by atoms with van der Waals surface area (Å²) in [6, 6.07) is 3.66. The maximum atomic E-state index is 12.7. The molecule has 3 N–H and O–H groups in total. The fourth-order valence-corrected chi connectivity index (χ4v) is 3.87. The van der Waals surface area contributed by atoms with Gasteiger partial charge in [-0.2, -0.15) is 0 Å². The molecule has 1 saturated heterocycles. The number of ether oxygens (including phenoxy) is 2. The van der Waals surface area contributed by atoms with E-state index >= 15 is 0 Å². The van der Waals surface area contributed by atoms with Gasteiger partial charge < -0.3 is 25.2 Å². The number of rotatable bonds is 7. The molecule has 2 unspecified atom stereocenters. The minimum Gasteiger partial charge on any atom is -0.490 e. The van der Waals surface area contributed by atoms with Crippen LogP contribution >= 0.6 is 0 Å². The van der Waals surface area contributed by atoms with Gasteiger partial charge in [0.15, 0.2) is 0 Å². The fraction of sp³-hybridized carbons (Fsp3) is 0.375. The van der Waals surface area contributed by atoms with E-state index < -0.39 is 23.9 Å². The van der Waals surface area contributed by atoms with Gasteiger partial charge in [-0.15, -0.1) is 0 Å². The van der Waals surface area contributed by atoms with Crippen molar-refractivity contribution in [2.75, 3.05) is 25.0 Å². The first kappa shape index (κ1) is 20.5. The van der Waals surface area contributed by atoms with Crippen LogP contribution in [-0.2, 0) is 9.53 Å². The number of hydrogen-bond acceptors (Lipinski definition) is 7. The summed E-state index contributed by atoms with van der Waals surface area (Å²) in [6.45, 7) is 3.64. The van der Waals surface area contributed by atoms with Crippen LogP contribution in [0.5, 0.6) is 5.75 Å². The molecular formula is C24H27N3O5. The normalized spacial score (nSPS) is 23.5. The topological polar surface area (TPSA) is 110 Å². The van der Waals surface area contributed by atoms with Crippen molar-refractivity contribution >= 4 is 28.5 Å². The molecule has 0 saturated carbocycles. The quantitative estimate of drug-likeness (QED) is 0.566. The number of carbonyl (C=O) groups excluding carboxylic acids is 1. The molecular weight excluding hydrogens is 410 g/mol. The van der Waals surface area contributed by atoms with Gasteiger partial charge in [0.1, 0.15) is 17.4 Å². The van der Waals surface area contributed by atoms with Crippen molar-refractivity contribution in [2.45, 2.75) is 31.9 Å². The van der Waals surface area contributed by atoms with Gasteiger partial charge in [-0.25, -0.2) is 4.79 Å². The van der Waals surface area contributed by atoms with Crippen LogP contribution in [-0.4, -0.2) is 53.8 Å². The van der Waals surface area contributed by atoms with Crippen molar-refractivity contribution in [1.29, 1.82) is 0 Å². The summed E-state index contributed by atoms with van der Waals surface area (Å²) < 4.78 is 20.2. The van der Waals surface area contributed by atoms with Crippen molar-refractivity contribution in [1.82, 2.24) is 10.3 Å². The lowest BCUT2D eigenvalue weighted by molar-refractivity contribution is -0.140. The number of carbonyl (C=O) groups is 2. The molecule has 1 fully saturated rings. The molecule has 2 heterocycles. The predicted molar refractivity (Wildman–Crippen MR) is 121 cm³/mol. The van der Waals surface area contributed by atoms with Crippen LogP contribution in [0.3, 0.4) is 0 Å². The third kappa shape index (κ3) is 4.75. The zero-order valence-corrected chi connectivity index (χ0v) is 17.8. The number of anilines is 1. The number of aliphatic carboxylic acids is 1. The van der Waals surface area contributed by atoms with Gasteiger partial charge in [-0.1, -0.05) is 24.3 Å². The molecule has 168 valence electrons. The van der Waals surface area contributed by atoms with E-state index in [0.717, 1.165) is 25.9 Å². The first-order valence-corrected chi connectivity index (χ1v) is 10.8. The Labute approximate surface area is 187 Å². The summed E-state index contributed by atoms with van der Waals surface area (Å²) in [5.41, 5.74) is 0.992. The number of nitrogens with zero attached hydrogens (tertiary/aromatic N) is 1. The summed E-state index contributed by atoms with van der Waals surface area (Å²) in [5, 5.41) is 16.5. The number of nitrogens with one attached hydrogen (secondary N) is 2. The van der Waals surface area contributed by atoms with Crippen molar-refractivity contribution < 1.29 is 25.5 Å². The van der Waals surface area contributed by atoms with E-state index in [1.807, 2.05) is 6.07 Å². The van der Waals surface area contributed by atoms with Crippen LogP contribution in [0.1, 0.15) is 31.5 Å². The Bertz CT molecular complexity index is 1110. The van der Waals surface area contributed by atoms with E-state index in [-0.39, 0.29) is 24.0 Å². The van der Waals surface area contributed by atoms with Gasteiger partial charge in [0.2, 0.25) is 0 Å². The molecule has 0 spiro atoms. The number of carboxylic acid groups (broad SMARTS) is 1. The molecule has 0 amide bonds. The van der Waals surface area contributed by atoms with E-state index in [1.54, 1.807) is 31.2 Å². The molecule has 1 aromatic carbocycles. The molecule has 0 radical (unpaired) electrons. The Morgan fingerprint density at radius 2 is 2.06 bits per heavy atom. The van der Waals surface area contributed by atoms with E-state index in [9.17, 15) is 14.7 Å². The second-order valence-electron chi connectivity index (χ2n) is 7.65. The Morgan fingerprint density at radius 1 is 1.28 bits per heavy atom. The maximum absolute atomic E-state index is 12.7. The van der Waals surface area contributed by atoms with Crippen molar-refractivity contribution in [3.8, 4) is 5.75 Å². The van der Waals surface area contributed by atoms with Gasteiger partial charge in [-0.05, 0) is 51.1 Å². The van der Waals surface area contributed by atoms with Gasteiger partial charge in [-0.3, -0.25) is 9.78 Å². The zero-order chi connectivity index (χ0) is 23.4.